The minimum atomic E-state index is -0.357. The molecule has 0 aromatic heterocycles. The summed E-state index contributed by atoms with van der Waals surface area (Å²) in [6.07, 6.45) is 1.59. The van der Waals surface area contributed by atoms with E-state index < -0.39 is 0 Å². The smallest absolute Gasteiger partial charge is 0.277 e. The molecule has 1 N–H and O–H groups in total. The Morgan fingerprint density at radius 1 is 1.29 bits per heavy atom. The molecule has 0 fully saturated rings. The van der Waals surface area contributed by atoms with Crippen LogP contribution in [0.15, 0.2) is 52.0 Å². The Morgan fingerprint density at radius 3 is 2.62 bits per heavy atom. The highest BCUT2D eigenvalue weighted by Gasteiger charge is 2.05. The molecule has 0 saturated heterocycles. The number of hydrogen-bond acceptors (Lipinski definition) is 3. The fourth-order valence-corrected chi connectivity index (χ4v) is 2.64. The lowest BCUT2D eigenvalue weighted by atomic mass is 10.0. The number of benzene rings is 2. The van der Waals surface area contributed by atoms with E-state index in [1.165, 1.54) is 5.56 Å². The molecule has 4 nitrogen and oxygen atoms in total. The van der Waals surface area contributed by atoms with Crippen molar-refractivity contribution in [2.45, 2.75) is 19.8 Å². The Bertz CT molecular complexity index is 730. The Balaban J connectivity index is 1.82. The van der Waals surface area contributed by atoms with Crippen LogP contribution in [-0.4, -0.2) is 18.7 Å². The zero-order valence-corrected chi connectivity index (χ0v) is 15.8. The average Bonchev–Trinajstić information content (AvgIpc) is 2.54. The number of carbonyl (C=O) groups is 1. The first-order valence-electron chi connectivity index (χ1n) is 7.45. The van der Waals surface area contributed by atoms with Crippen LogP contribution >= 0.6 is 27.5 Å². The fraction of sp³-hybridized carbons (Fsp3) is 0.222. The maximum Gasteiger partial charge on any atom is 0.277 e. The zero-order chi connectivity index (χ0) is 17.5. The van der Waals surface area contributed by atoms with E-state index >= 15 is 0 Å². The molecule has 0 aliphatic carbocycles. The first kappa shape index (κ1) is 18.5. The molecule has 0 aliphatic heterocycles. The SMILES string of the molecule is CC(C)c1ccc(C=NNC(=O)COc2ccc(Br)cc2Cl)cc1. The van der Waals surface area contributed by atoms with Crippen LogP contribution in [0.25, 0.3) is 0 Å². The van der Waals surface area contributed by atoms with Crippen molar-refractivity contribution in [2.75, 3.05) is 6.61 Å². The van der Waals surface area contributed by atoms with E-state index in [1.807, 2.05) is 24.3 Å². The van der Waals surface area contributed by atoms with Crippen LogP contribution in [0.3, 0.4) is 0 Å². The van der Waals surface area contributed by atoms with Gasteiger partial charge >= 0.3 is 0 Å². The van der Waals surface area contributed by atoms with E-state index in [0.717, 1.165) is 10.0 Å². The molecule has 1 amide bonds. The standard InChI is InChI=1S/C18H18BrClN2O2/c1-12(2)14-5-3-13(4-6-14)10-21-22-18(23)11-24-17-8-7-15(19)9-16(17)20/h3-10,12H,11H2,1-2H3,(H,22,23). The summed E-state index contributed by atoms with van der Waals surface area (Å²) in [5, 5.41) is 4.36. The molecular weight excluding hydrogens is 392 g/mol. The molecule has 0 aliphatic rings. The fourth-order valence-electron chi connectivity index (χ4n) is 1.91. The lowest BCUT2D eigenvalue weighted by molar-refractivity contribution is -0.123. The number of halogens is 2. The number of hydrazone groups is 1. The number of carbonyl (C=O) groups excluding carboxylic acids is 1. The summed E-state index contributed by atoms with van der Waals surface area (Å²) >= 11 is 9.32. The van der Waals surface area contributed by atoms with Gasteiger partial charge in [-0.3, -0.25) is 4.79 Å². The van der Waals surface area contributed by atoms with Crippen LogP contribution in [0.1, 0.15) is 30.9 Å². The molecule has 2 rings (SSSR count). The third kappa shape index (κ3) is 5.65. The number of amides is 1. The van der Waals surface area contributed by atoms with E-state index in [0.29, 0.717) is 16.7 Å². The normalized spacial score (nSPS) is 11.0. The molecule has 0 radical (unpaired) electrons. The molecule has 0 saturated carbocycles. The molecule has 0 heterocycles. The maximum atomic E-state index is 11.7. The lowest BCUT2D eigenvalue weighted by Crippen LogP contribution is -2.24. The van der Waals surface area contributed by atoms with Crippen molar-refractivity contribution in [3.63, 3.8) is 0 Å². The van der Waals surface area contributed by atoms with Gasteiger partial charge in [0.1, 0.15) is 5.75 Å². The highest BCUT2D eigenvalue weighted by Crippen LogP contribution is 2.27. The van der Waals surface area contributed by atoms with Gasteiger partial charge in [0.05, 0.1) is 11.2 Å². The summed E-state index contributed by atoms with van der Waals surface area (Å²) in [5.74, 6) is 0.575. The van der Waals surface area contributed by atoms with Crippen molar-refractivity contribution >= 4 is 39.7 Å². The Hall–Kier alpha value is -1.85. The molecule has 0 unspecified atom stereocenters. The van der Waals surface area contributed by atoms with Gasteiger partial charge in [0.2, 0.25) is 0 Å². The van der Waals surface area contributed by atoms with Gasteiger partial charge in [0.15, 0.2) is 6.61 Å². The zero-order valence-electron chi connectivity index (χ0n) is 13.4. The van der Waals surface area contributed by atoms with Crippen LogP contribution in [0.5, 0.6) is 5.75 Å². The molecule has 24 heavy (non-hydrogen) atoms. The predicted octanol–water partition coefficient (Wildman–Crippen LogP) is 4.76. The van der Waals surface area contributed by atoms with Crippen LogP contribution in [-0.2, 0) is 4.79 Å². The van der Waals surface area contributed by atoms with Crippen molar-refractivity contribution in [3.05, 3.63) is 63.1 Å². The van der Waals surface area contributed by atoms with E-state index in [2.05, 4.69) is 40.3 Å². The molecule has 0 bridgehead atoms. The largest absolute Gasteiger partial charge is 0.482 e. The maximum absolute atomic E-state index is 11.7. The van der Waals surface area contributed by atoms with Crippen molar-refractivity contribution in [1.29, 1.82) is 0 Å². The molecule has 6 heteroatoms. The van der Waals surface area contributed by atoms with Gasteiger partial charge in [-0.2, -0.15) is 5.10 Å². The van der Waals surface area contributed by atoms with Gasteiger partial charge in [-0.05, 0) is 35.2 Å². The molecule has 2 aromatic carbocycles. The highest BCUT2D eigenvalue weighted by molar-refractivity contribution is 9.10. The van der Waals surface area contributed by atoms with Gasteiger partial charge in [-0.25, -0.2) is 5.43 Å². The van der Waals surface area contributed by atoms with Gasteiger partial charge in [-0.15, -0.1) is 0 Å². The first-order chi connectivity index (χ1) is 11.5. The summed E-state index contributed by atoms with van der Waals surface area (Å²) in [6.45, 7) is 4.12. The van der Waals surface area contributed by atoms with Crippen LogP contribution in [0.4, 0.5) is 0 Å². The van der Waals surface area contributed by atoms with E-state index in [-0.39, 0.29) is 12.5 Å². The summed E-state index contributed by atoms with van der Waals surface area (Å²) in [6, 6.07) is 13.2. The number of nitrogens with one attached hydrogen (secondary N) is 1. The average molecular weight is 410 g/mol. The number of rotatable bonds is 6. The number of hydrogen-bond donors (Lipinski definition) is 1. The topological polar surface area (TPSA) is 50.7 Å². The van der Waals surface area contributed by atoms with Crippen molar-refractivity contribution in [3.8, 4) is 5.75 Å². The quantitative estimate of drug-likeness (QED) is 0.552. The number of ether oxygens (including phenoxy) is 1. The van der Waals surface area contributed by atoms with Gasteiger partial charge in [0.25, 0.3) is 5.91 Å². The van der Waals surface area contributed by atoms with E-state index in [1.54, 1.807) is 24.4 Å². The van der Waals surface area contributed by atoms with E-state index in [9.17, 15) is 4.79 Å². The minimum Gasteiger partial charge on any atom is -0.482 e. The predicted molar refractivity (Wildman–Crippen MR) is 101 cm³/mol. The Morgan fingerprint density at radius 2 is 2.00 bits per heavy atom. The summed E-state index contributed by atoms with van der Waals surface area (Å²) in [7, 11) is 0. The molecule has 0 spiro atoms. The second kappa shape index (κ2) is 8.85. The lowest BCUT2D eigenvalue weighted by Gasteiger charge is -2.07. The number of nitrogens with zero attached hydrogens (tertiary/aromatic N) is 1. The van der Waals surface area contributed by atoms with Crippen LogP contribution in [0.2, 0.25) is 5.02 Å². The van der Waals surface area contributed by atoms with Gasteiger partial charge in [-0.1, -0.05) is 65.6 Å². The van der Waals surface area contributed by atoms with Gasteiger partial charge in [0, 0.05) is 4.47 Å². The molecular formula is C18H18BrClN2O2. The third-order valence-electron chi connectivity index (χ3n) is 3.26. The third-order valence-corrected chi connectivity index (χ3v) is 4.05. The van der Waals surface area contributed by atoms with E-state index in [4.69, 9.17) is 16.3 Å². The van der Waals surface area contributed by atoms with Crippen molar-refractivity contribution in [2.24, 2.45) is 5.10 Å². The Kier molecular flexibility index (Phi) is 6.82. The van der Waals surface area contributed by atoms with Crippen LogP contribution in [0, 0.1) is 0 Å². The first-order valence-corrected chi connectivity index (χ1v) is 8.62. The monoisotopic (exact) mass is 408 g/mol. The Labute approximate surface area is 155 Å². The van der Waals surface area contributed by atoms with Crippen molar-refractivity contribution < 1.29 is 9.53 Å². The van der Waals surface area contributed by atoms with Crippen LogP contribution < -0.4 is 10.2 Å². The molecule has 126 valence electrons. The minimum absolute atomic E-state index is 0.162. The van der Waals surface area contributed by atoms with Gasteiger partial charge < -0.3 is 4.74 Å². The summed E-state index contributed by atoms with van der Waals surface area (Å²) in [5.41, 5.74) is 4.60. The molecule has 2 aromatic rings. The summed E-state index contributed by atoms with van der Waals surface area (Å²) < 4.78 is 6.20. The summed E-state index contributed by atoms with van der Waals surface area (Å²) in [4.78, 5) is 11.7. The van der Waals surface area contributed by atoms with Crippen molar-refractivity contribution in [1.82, 2.24) is 5.43 Å². The second-order valence-electron chi connectivity index (χ2n) is 5.48. The second-order valence-corrected chi connectivity index (χ2v) is 6.80. The molecule has 0 atom stereocenters. The highest BCUT2D eigenvalue weighted by atomic mass is 79.9.